The molecule has 11 heteroatoms. The maximum atomic E-state index is 12.0. The molecule has 0 saturated heterocycles. The van der Waals surface area contributed by atoms with Crippen molar-refractivity contribution in [1.82, 2.24) is 15.0 Å². The molecule has 4 rings (SSSR count). The average molecular weight is 658 g/mol. The van der Waals surface area contributed by atoms with Crippen LogP contribution in [0.4, 0.5) is 0 Å². The molecule has 0 atom stereocenters. The maximum absolute atomic E-state index is 12.0. The number of rotatable bonds is 17. The van der Waals surface area contributed by atoms with Crippen LogP contribution < -0.4 is 18.9 Å². The smallest absolute Gasteiger partial charge is 0.311 e. The summed E-state index contributed by atoms with van der Waals surface area (Å²) in [6.07, 6.45) is 5.43. The number of carbonyl (C=O) groups is 2. The van der Waals surface area contributed by atoms with Gasteiger partial charge in [-0.3, -0.25) is 9.59 Å². The van der Waals surface area contributed by atoms with E-state index in [2.05, 4.69) is 18.8 Å². The fourth-order valence-electron chi connectivity index (χ4n) is 4.60. The number of carbonyl (C=O) groups excluding carboxylic acids is 2. The quantitative estimate of drug-likeness (QED) is 0.0645. The lowest BCUT2D eigenvalue weighted by molar-refractivity contribution is -0.135. The summed E-state index contributed by atoms with van der Waals surface area (Å²) in [7, 11) is 0. The Kier molecular flexibility index (Phi) is 13.1. The fourth-order valence-corrected chi connectivity index (χ4v) is 4.60. The molecule has 0 bridgehead atoms. The van der Waals surface area contributed by atoms with Crippen LogP contribution in [0.15, 0.2) is 54.6 Å². The molecule has 3 aromatic carbocycles. The molecule has 254 valence electrons. The van der Waals surface area contributed by atoms with Gasteiger partial charge in [-0.2, -0.15) is 0 Å². The van der Waals surface area contributed by atoms with E-state index in [0.29, 0.717) is 43.1 Å². The summed E-state index contributed by atoms with van der Waals surface area (Å²) >= 11 is 0. The Bertz CT molecular complexity index is 1620. The number of ether oxygens (including phenoxy) is 4. The molecule has 1 aromatic heterocycles. The average Bonchev–Trinajstić information content (AvgIpc) is 3.05. The van der Waals surface area contributed by atoms with Crippen molar-refractivity contribution in [2.24, 2.45) is 0 Å². The molecule has 0 aliphatic rings. The predicted octanol–water partition coefficient (Wildman–Crippen LogP) is 8.05. The summed E-state index contributed by atoms with van der Waals surface area (Å²) in [6, 6.07) is 14.3. The van der Waals surface area contributed by atoms with Gasteiger partial charge in [0, 0.05) is 31.0 Å². The number of hydrogen-bond donors (Lipinski definition) is 2. The summed E-state index contributed by atoms with van der Waals surface area (Å²) in [4.78, 5) is 38.1. The van der Waals surface area contributed by atoms with Crippen molar-refractivity contribution < 1.29 is 38.7 Å². The lowest BCUT2D eigenvalue weighted by atomic mass is 10.1. The van der Waals surface area contributed by atoms with Gasteiger partial charge in [-0.25, -0.2) is 15.0 Å². The molecular formula is C37H43N3O8. The lowest BCUT2D eigenvalue weighted by Gasteiger charge is -2.15. The zero-order valence-corrected chi connectivity index (χ0v) is 28.0. The van der Waals surface area contributed by atoms with Crippen molar-refractivity contribution in [3.05, 3.63) is 54.6 Å². The molecule has 48 heavy (non-hydrogen) atoms. The number of phenols is 2. The van der Waals surface area contributed by atoms with Crippen molar-refractivity contribution in [3.8, 4) is 68.7 Å². The Balaban J connectivity index is 1.83. The van der Waals surface area contributed by atoms with Gasteiger partial charge in [0.25, 0.3) is 0 Å². The van der Waals surface area contributed by atoms with Gasteiger partial charge in [0.15, 0.2) is 17.5 Å². The van der Waals surface area contributed by atoms with Gasteiger partial charge in [-0.1, -0.05) is 40.5 Å². The normalized spacial score (nSPS) is 10.8. The van der Waals surface area contributed by atoms with Crippen molar-refractivity contribution in [3.63, 3.8) is 0 Å². The van der Waals surface area contributed by atoms with Crippen molar-refractivity contribution in [2.75, 3.05) is 13.2 Å². The summed E-state index contributed by atoms with van der Waals surface area (Å²) in [5, 5.41) is 22.1. The van der Waals surface area contributed by atoms with Crippen LogP contribution in [0.25, 0.3) is 34.2 Å². The molecule has 4 aromatic rings. The van der Waals surface area contributed by atoms with Gasteiger partial charge in [-0.15, -0.1) is 0 Å². The second-order valence-corrected chi connectivity index (χ2v) is 11.2. The molecule has 0 unspecified atom stereocenters. The molecular weight excluding hydrogens is 614 g/mol. The number of hydrogen-bond acceptors (Lipinski definition) is 11. The Morgan fingerprint density at radius 1 is 0.562 bits per heavy atom. The second-order valence-electron chi connectivity index (χ2n) is 11.2. The van der Waals surface area contributed by atoms with E-state index >= 15 is 0 Å². The number of benzene rings is 3. The van der Waals surface area contributed by atoms with E-state index in [4.69, 9.17) is 28.9 Å². The van der Waals surface area contributed by atoms with E-state index in [1.165, 1.54) is 12.1 Å². The number of nitrogens with zero attached hydrogens (tertiary/aromatic N) is 3. The standard InChI is InChI=1S/C37H43N3O8/c1-5-9-19-45-24-13-18-29(32(23-24)46-20-10-6-2)37-39-35(27-16-14-25(21-30(27)41)47-33(43)11-7-3)38-36(40-37)28-17-15-26(22-31(28)42)48-34(44)12-8-4/h13-18,21-23,41-42H,5-12,19-20H2,1-4H3. The first-order valence-electron chi connectivity index (χ1n) is 16.5. The Hall–Kier alpha value is -5.19. The molecule has 0 aliphatic heterocycles. The number of aromatic nitrogens is 3. The molecule has 0 fully saturated rings. The topological polar surface area (TPSA) is 150 Å². The van der Waals surface area contributed by atoms with E-state index in [9.17, 15) is 19.8 Å². The minimum absolute atomic E-state index is 0.0968. The molecule has 0 amide bonds. The third-order valence-corrected chi connectivity index (χ3v) is 7.14. The number of aromatic hydroxyl groups is 2. The van der Waals surface area contributed by atoms with Crippen LogP contribution in [0.5, 0.6) is 34.5 Å². The van der Waals surface area contributed by atoms with Gasteiger partial charge in [-0.05, 0) is 62.1 Å². The monoisotopic (exact) mass is 657 g/mol. The van der Waals surface area contributed by atoms with Gasteiger partial charge in [0.05, 0.1) is 29.9 Å². The zero-order valence-electron chi connectivity index (χ0n) is 28.0. The summed E-state index contributed by atoms with van der Waals surface area (Å²) in [5.74, 6) is 0.660. The number of unbranched alkanes of at least 4 members (excludes halogenated alkanes) is 2. The SMILES string of the molecule is CCCCOc1ccc(-c2nc(-c3ccc(OC(=O)CCC)cc3O)nc(-c3ccc(OC(=O)CCC)cc3O)n2)c(OCCCC)c1. The molecule has 11 nitrogen and oxygen atoms in total. The van der Waals surface area contributed by atoms with Crippen molar-refractivity contribution in [1.29, 1.82) is 0 Å². The van der Waals surface area contributed by atoms with Crippen LogP contribution >= 0.6 is 0 Å². The van der Waals surface area contributed by atoms with E-state index in [1.807, 2.05) is 19.9 Å². The lowest BCUT2D eigenvalue weighted by Crippen LogP contribution is -2.07. The summed E-state index contributed by atoms with van der Waals surface area (Å²) in [6.45, 7) is 8.94. The van der Waals surface area contributed by atoms with Crippen LogP contribution in [0, 0.1) is 0 Å². The Morgan fingerprint density at radius 3 is 1.46 bits per heavy atom. The zero-order chi connectivity index (χ0) is 34.5. The Morgan fingerprint density at radius 2 is 1.00 bits per heavy atom. The summed E-state index contributed by atoms with van der Waals surface area (Å²) < 4.78 is 22.8. The highest BCUT2D eigenvalue weighted by Gasteiger charge is 2.21. The van der Waals surface area contributed by atoms with Gasteiger partial charge >= 0.3 is 11.9 Å². The molecule has 0 saturated carbocycles. The largest absolute Gasteiger partial charge is 0.507 e. The first-order chi connectivity index (χ1) is 23.3. The van der Waals surface area contributed by atoms with Crippen LogP contribution in [-0.4, -0.2) is 50.3 Å². The predicted molar refractivity (Wildman–Crippen MR) is 181 cm³/mol. The van der Waals surface area contributed by atoms with E-state index in [1.54, 1.807) is 36.4 Å². The minimum atomic E-state index is -0.411. The molecule has 2 N–H and O–H groups in total. The van der Waals surface area contributed by atoms with Gasteiger partial charge in [0.1, 0.15) is 34.5 Å². The van der Waals surface area contributed by atoms with Crippen molar-refractivity contribution in [2.45, 2.75) is 79.1 Å². The Labute approximate surface area is 280 Å². The van der Waals surface area contributed by atoms with E-state index < -0.39 is 11.9 Å². The molecule has 1 heterocycles. The molecule has 0 radical (unpaired) electrons. The third kappa shape index (κ3) is 9.66. The van der Waals surface area contributed by atoms with Crippen LogP contribution in [0.1, 0.15) is 79.1 Å². The fraction of sp³-hybridized carbons (Fsp3) is 0.378. The number of esters is 2. The first kappa shape index (κ1) is 35.7. The van der Waals surface area contributed by atoms with E-state index in [-0.39, 0.29) is 64.4 Å². The first-order valence-corrected chi connectivity index (χ1v) is 16.5. The maximum Gasteiger partial charge on any atom is 0.311 e. The third-order valence-electron chi connectivity index (χ3n) is 7.14. The van der Waals surface area contributed by atoms with Crippen LogP contribution in [0.3, 0.4) is 0 Å². The van der Waals surface area contributed by atoms with Gasteiger partial charge in [0.2, 0.25) is 0 Å². The minimum Gasteiger partial charge on any atom is -0.507 e. The number of phenolic OH excluding ortho intramolecular Hbond substituents is 2. The molecule has 0 aliphatic carbocycles. The second kappa shape index (κ2) is 17.7. The molecule has 0 spiro atoms. The van der Waals surface area contributed by atoms with Crippen molar-refractivity contribution >= 4 is 11.9 Å². The van der Waals surface area contributed by atoms with Crippen LogP contribution in [0.2, 0.25) is 0 Å². The van der Waals surface area contributed by atoms with Gasteiger partial charge < -0.3 is 29.2 Å². The summed E-state index contributed by atoms with van der Waals surface area (Å²) in [5.41, 5.74) is 1.04. The van der Waals surface area contributed by atoms with Crippen LogP contribution in [-0.2, 0) is 9.59 Å². The highest BCUT2D eigenvalue weighted by molar-refractivity contribution is 5.77. The highest BCUT2D eigenvalue weighted by Crippen LogP contribution is 2.38. The highest BCUT2D eigenvalue weighted by atomic mass is 16.5. The van der Waals surface area contributed by atoms with E-state index in [0.717, 1.165) is 25.7 Å².